The number of azide groups is 3. The SMILES string of the molecule is CC1(N=[N+]=[N-])CCCC2(N=[N+]=[N-])CCCC(N=[N+]=[N-])=C12. The first-order valence-electron chi connectivity index (χ1n) is 6.54. The summed E-state index contributed by atoms with van der Waals surface area (Å²) in [5, 5.41) is 11.7. The lowest BCUT2D eigenvalue weighted by atomic mass is 9.63. The summed E-state index contributed by atoms with van der Waals surface area (Å²) in [6, 6.07) is 0. The van der Waals surface area contributed by atoms with Crippen LogP contribution in [0.1, 0.15) is 45.4 Å². The number of hydrogen-bond donors (Lipinski definition) is 0. The third kappa shape index (κ3) is 2.14. The molecule has 104 valence electrons. The molecule has 0 radical (unpaired) electrons. The molecule has 0 aromatic carbocycles. The Bertz CT molecular complexity index is 589. The zero-order chi connectivity index (χ0) is 14.6. The molecule has 20 heavy (non-hydrogen) atoms. The quantitative estimate of drug-likeness (QED) is 0.385. The molecule has 9 heteroatoms. The normalized spacial score (nSPS) is 32.2. The summed E-state index contributed by atoms with van der Waals surface area (Å²) in [7, 11) is 0. The molecule has 0 aromatic heterocycles. The van der Waals surface area contributed by atoms with Crippen LogP contribution in [0.3, 0.4) is 0 Å². The van der Waals surface area contributed by atoms with Gasteiger partial charge in [0, 0.05) is 20.4 Å². The van der Waals surface area contributed by atoms with Crippen LogP contribution in [-0.4, -0.2) is 11.1 Å². The van der Waals surface area contributed by atoms with Crippen LogP contribution in [0.4, 0.5) is 0 Å². The van der Waals surface area contributed by atoms with Crippen molar-refractivity contribution < 1.29 is 0 Å². The summed E-state index contributed by atoms with van der Waals surface area (Å²) in [6.45, 7) is 1.82. The average Bonchev–Trinajstić information content (AvgIpc) is 2.39. The van der Waals surface area contributed by atoms with E-state index in [0.717, 1.165) is 18.4 Å². The number of nitrogens with zero attached hydrogens (tertiary/aromatic N) is 9. The topological polar surface area (TPSA) is 146 Å². The van der Waals surface area contributed by atoms with Crippen LogP contribution in [0.5, 0.6) is 0 Å². The van der Waals surface area contributed by atoms with E-state index in [1.807, 2.05) is 6.92 Å². The number of rotatable bonds is 3. The van der Waals surface area contributed by atoms with E-state index in [1.54, 1.807) is 0 Å². The van der Waals surface area contributed by atoms with Gasteiger partial charge in [-0.15, -0.1) is 0 Å². The summed E-state index contributed by atoms with van der Waals surface area (Å²) in [5.41, 5.74) is 26.3. The molecule has 1 saturated carbocycles. The lowest BCUT2D eigenvalue weighted by Crippen LogP contribution is -2.46. The molecule has 0 spiro atoms. The van der Waals surface area contributed by atoms with Crippen LogP contribution in [0, 0.1) is 0 Å². The highest BCUT2D eigenvalue weighted by Gasteiger charge is 2.49. The second kappa shape index (κ2) is 5.35. The number of hydrogen-bond acceptors (Lipinski definition) is 3. The van der Waals surface area contributed by atoms with Gasteiger partial charge in [-0.1, -0.05) is 28.7 Å². The molecule has 0 amide bonds. The number of allylic oxidation sites excluding steroid dienone is 1. The monoisotopic (exact) mass is 273 g/mol. The van der Waals surface area contributed by atoms with E-state index in [1.165, 1.54) is 0 Å². The molecule has 2 aliphatic rings. The molecule has 2 aliphatic carbocycles. The van der Waals surface area contributed by atoms with E-state index in [4.69, 9.17) is 16.6 Å². The van der Waals surface area contributed by atoms with Gasteiger partial charge in [0.25, 0.3) is 0 Å². The molecule has 1 fully saturated rings. The third-order valence-electron chi connectivity index (χ3n) is 4.22. The van der Waals surface area contributed by atoms with Gasteiger partial charge in [-0.05, 0) is 54.3 Å². The van der Waals surface area contributed by atoms with Gasteiger partial charge in [0.15, 0.2) is 0 Å². The number of fused-ring (bicyclic) bond motifs is 1. The van der Waals surface area contributed by atoms with E-state index in [2.05, 4.69) is 30.1 Å². The van der Waals surface area contributed by atoms with Gasteiger partial charge in [-0.3, -0.25) is 0 Å². The molecule has 2 rings (SSSR count). The van der Waals surface area contributed by atoms with Crippen molar-refractivity contribution in [1.82, 2.24) is 0 Å². The van der Waals surface area contributed by atoms with Crippen LogP contribution in [-0.2, 0) is 0 Å². The minimum Gasteiger partial charge on any atom is -0.0832 e. The van der Waals surface area contributed by atoms with Gasteiger partial charge in [0.2, 0.25) is 0 Å². The largest absolute Gasteiger partial charge is 0.0832 e. The van der Waals surface area contributed by atoms with Crippen molar-refractivity contribution in [1.29, 1.82) is 0 Å². The molecule has 0 N–H and O–H groups in total. The molecule has 9 nitrogen and oxygen atoms in total. The fourth-order valence-corrected chi connectivity index (χ4v) is 3.57. The molecule has 0 heterocycles. The molecule has 0 aromatic rings. The molecule has 2 unspecified atom stereocenters. The van der Waals surface area contributed by atoms with E-state index in [0.29, 0.717) is 31.4 Å². The fourth-order valence-electron chi connectivity index (χ4n) is 3.57. The van der Waals surface area contributed by atoms with Crippen molar-refractivity contribution in [2.24, 2.45) is 15.3 Å². The Labute approximate surface area is 115 Å². The standard InChI is InChI=1S/C11H15N9/c1-10(16-19-13)5-3-7-11(17-20-14)6-2-4-8(9(10)11)15-18-12/h2-7H2,1H3. The Hall–Kier alpha value is -2.33. The van der Waals surface area contributed by atoms with Gasteiger partial charge in [-0.25, -0.2) is 0 Å². The first-order valence-corrected chi connectivity index (χ1v) is 6.54. The summed E-state index contributed by atoms with van der Waals surface area (Å²) >= 11 is 0. The summed E-state index contributed by atoms with van der Waals surface area (Å²) < 4.78 is 0. The van der Waals surface area contributed by atoms with Gasteiger partial charge in [0.05, 0.1) is 11.1 Å². The Balaban J connectivity index is 2.74. The Morgan fingerprint density at radius 2 is 1.65 bits per heavy atom. The molecule has 0 aliphatic heterocycles. The molecule has 0 bridgehead atoms. The molecular weight excluding hydrogens is 258 g/mol. The first-order chi connectivity index (χ1) is 9.62. The maximum absolute atomic E-state index is 8.90. The predicted molar refractivity (Wildman–Crippen MR) is 73.3 cm³/mol. The van der Waals surface area contributed by atoms with Crippen molar-refractivity contribution in [2.45, 2.75) is 56.5 Å². The zero-order valence-corrected chi connectivity index (χ0v) is 11.3. The maximum atomic E-state index is 8.90. The van der Waals surface area contributed by atoms with Gasteiger partial charge in [0.1, 0.15) is 0 Å². The minimum atomic E-state index is -0.787. The van der Waals surface area contributed by atoms with E-state index >= 15 is 0 Å². The van der Waals surface area contributed by atoms with Crippen molar-refractivity contribution >= 4 is 0 Å². The van der Waals surface area contributed by atoms with Crippen LogP contribution >= 0.6 is 0 Å². The van der Waals surface area contributed by atoms with Crippen LogP contribution in [0.2, 0.25) is 0 Å². The van der Waals surface area contributed by atoms with Crippen molar-refractivity contribution in [3.8, 4) is 0 Å². The zero-order valence-electron chi connectivity index (χ0n) is 11.3. The second-order valence-electron chi connectivity index (χ2n) is 5.40. The average molecular weight is 273 g/mol. The Morgan fingerprint density at radius 3 is 2.30 bits per heavy atom. The van der Waals surface area contributed by atoms with E-state index in [-0.39, 0.29) is 0 Å². The summed E-state index contributed by atoms with van der Waals surface area (Å²) in [6.07, 6.45) is 4.30. The Morgan fingerprint density at radius 1 is 0.950 bits per heavy atom. The van der Waals surface area contributed by atoms with Crippen LogP contribution in [0.25, 0.3) is 31.3 Å². The lowest BCUT2D eigenvalue weighted by Gasteiger charge is -2.48. The fraction of sp³-hybridized carbons (Fsp3) is 0.818. The molecular formula is C11H15N9. The van der Waals surface area contributed by atoms with Crippen molar-refractivity contribution in [3.05, 3.63) is 42.6 Å². The van der Waals surface area contributed by atoms with Gasteiger partial charge in [-0.2, -0.15) is 0 Å². The van der Waals surface area contributed by atoms with E-state index in [9.17, 15) is 0 Å². The smallest absolute Gasteiger partial charge is 0.0708 e. The lowest BCUT2D eigenvalue weighted by molar-refractivity contribution is 0.263. The minimum absolute atomic E-state index is 0.570. The van der Waals surface area contributed by atoms with Crippen molar-refractivity contribution in [3.63, 3.8) is 0 Å². The predicted octanol–water partition coefficient (Wildman–Crippen LogP) is 5.04. The highest BCUT2D eigenvalue weighted by Crippen LogP contribution is 2.52. The van der Waals surface area contributed by atoms with Crippen molar-refractivity contribution in [2.75, 3.05) is 0 Å². The molecule has 0 saturated heterocycles. The van der Waals surface area contributed by atoms with E-state index < -0.39 is 11.1 Å². The van der Waals surface area contributed by atoms with Crippen LogP contribution in [0.15, 0.2) is 26.6 Å². The third-order valence-corrected chi connectivity index (χ3v) is 4.22. The summed E-state index contributed by atoms with van der Waals surface area (Å²) in [5.74, 6) is 0. The highest BCUT2D eigenvalue weighted by atomic mass is 15.2. The Kier molecular flexibility index (Phi) is 3.77. The van der Waals surface area contributed by atoms with Gasteiger partial charge >= 0.3 is 0 Å². The van der Waals surface area contributed by atoms with Crippen LogP contribution < -0.4 is 0 Å². The maximum Gasteiger partial charge on any atom is 0.0708 e. The molecule has 2 atom stereocenters. The highest BCUT2D eigenvalue weighted by molar-refractivity contribution is 5.40. The summed E-state index contributed by atoms with van der Waals surface area (Å²) in [4.78, 5) is 8.77. The second-order valence-corrected chi connectivity index (χ2v) is 5.40. The van der Waals surface area contributed by atoms with Gasteiger partial charge < -0.3 is 0 Å². The first kappa shape index (κ1) is 14.1.